The van der Waals surface area contributed by atoms with Crippen LogP contribution in [0, 0.1) is 12.7 Å². The molecule has 0 fully saturated rings. The average molecular weight is 306 g/mol. The number of aromatic amines is 1. The molecular formula is C13H11FN4O2S. The van der Waals surface area contributed by atoms with Gasteiger partial charge >= 0.3 is 0 Å². The molecule has 0 amide bonds. The van der Waals surface area contributed by atoms with Gasteiger partial charge in [-0.1, -0.05) is 6.07 Å². The molecule has 3 rings (SSSR count). The van der Waals surface area contributed by atoms with Crippen LogP contribution in [0.1, 0.15) is 5.56 Å². The lowest BCUT2D eigenvalue weighted by Gasteiger charge is -2.09. The highest BCUT2D eigenvalue weighted by Gasteiger charge is 2.17. The van der Waals surface area contributed by atoms with Gasteiger partial charge in [0.05, 0.1) is 10.6 Å². The van der Waals surface area contributed by atoms with Gasteiger partial charge in [0.25, 0.3) is 10.0 Å². The molecule has 1 aromatic heterocycles. The number of halogens is 1. The Morgan fingerprint density at radius 1 is 1.19 bits per heavy atom. The maximum absolute atomic E-state index is 13.2. The van der Waals surface area contributed by atoms with E-state index in [-0.39, 0.29) is 10.5 Å². The second kappa shape index (κ2) is 4.81. The first-order valence-corrected chi connectivity index (χ1v) is 7.54. The summed E-state index contributed by atoms with van der Waals surface area (Å²) < 4.78 is 40.4. The Kier molecular flexibility index (Phi) is 3.09. The van der Waals surface area contributed by atoms with Crippen molar-refractivity contribution in [2.45, 2.75) is 11.8 Å². The maximum Gasteiger partial charge on any atom is 0.261 e. The molecule has 2 aromatic carbocycles. The summed E-state index contributed by atoms with van der Waals surface area (Å²) in [5.74, 6) is -0.451. The van der Waals surface area contributed by atoms with Gasteiger partial charge in [-0.15, -0.1) is 0 Å². The molecule has 6 nitrogen and oxygen atoms in total. The zero-order valence-corrected chi connectivity index (χ0v) is 11.8. The number of aromatic nitrogens is 3. The van der Waals surface area contributed by atoms with E-state index in [2.05, 4.69) is 20.1 Å². The lowest BCUT2D eigenvalue weighted by atomic mass is 10.2. The zero-order valence-electron chi connectivity index (χ0n) is 11.0. The van der Waals surface area contributed by atoms with Crippen molar-refractivity contribution in [3.63, 3.8) is 0 Å². The van der Waals surface area contributed by atoms with Crippen molar-refractivity contribution in [3.05, 3.63) is 47.8 Å². The fourth-order valence-electron chi connectivity index (χ4n) is 1.94. The molecule has 0 aliphatic heterocycles. The lowest BCUT2D eigenvalue weighted by Crippen LogP contribution is -2.13. The van der Waals surface area contributed by atoms with E-state index in [0.29, 0.717) is 16.7 Å². The standard InChI is InChI=1S/C13H11FN4O2S/c1-8-7-9(5-6-10(8)14)21(19,20)17-12-4-2-3-11-13(12)16-18-15-11/h2-7,17H,1H3,(H,15,16,18). The second-order valence-electron chi connectivity index (χ2n) is 4.51. The van der Waals surface area contributed by atoms with Crippen molar-refractivity contribution < 1.29 is 12.8 Å². The van der Waals surface area contributed by atoms with Crippen LogP contribution in [-0.4, -0.2) is 23.8 Å². The summed E-state index contributed by atoms with van der Waals surface area (Å²) in [5.41, 5.74) is 1.53. The quantitative estimate of drug-likeness (QED) is 0.776. The molecule has 0 aliphatic rings. The first-order chi connectivity index (χ1) is 9.97. The van der Waals surface area contributed by atoms with E-state index < -0.39 is 15.8 Å². The van der Waals surface area contributed by atoms with Crippen LogP contribution in [0.3, 0.4) is 0 Å². The summed E-state index contributed by atoms with van der Waals surface area (Å²) >= 11 is 0. The summed E-state index contributed by atoms with van der Waals surface area (Å²) in [6.07, 6.45) is 0. The lowest BCUT2D eigenvalue weighted by molar-refractivity contribution is 0.598. The van der Waals surface area contributed by atoms with Crippen LogP contribution in [0.2, 0.25) is 0 Å². The number of benzene rings is 2. The fourth-order valence-corrected chi connectivity index (χ4v) is 3.09. The number of rotatable bonds is 3. The highest BCUT2D eigenvalue weighted by Crippen LogP contribution is 2.23. The van der Waals surface area contributed by atoms with Crippen LogP contribution >= 0.6 is 0 Å². The summed E-state index contributed by atoms with van der Waals surface area (Å²) in [7, 11) is -3.82. The van der Waals surface area contributed by atoms with E-state index in [1.807, 2.05) is 0 Å². The number of nitrogens with zero attached hydrogens (tertiary/aromatic N) is 2. The van der Waals surface area contributed by atoms with Crippen LogP contribution < -0.4 is 4.72 Å². The van der Waals surface area contributed by atoms with Crippen molar-refractivity contribution in [1.29, 1.82) is 0 Å². The van der Waals surface area contributed by atoms with E-state index in [1.165, 1.54) is 19.1 Å². The van der Waals surface area contributed by atoms with Gasteiger partial charge in [-0.2, -0.15) is 15.4 Å². The first-order valence-electron chi connectivity index (χ1n) is 6.06. The first kappa shape index (κ1) is 13.5. The van der Waals surface area contributed by atoms with E-state index >= 15 is 0 Å². The highest BCUT2D eigenvalue weighted by atomic mass is 32.2. The number of anilines is 1. The van der Waals surface area contributed by atoms with Gasteiger partial charge in [-0.3, -0.25) is 4.72 Å². The van der Waals surface area contributed by atoms with Crippen LogP contribution in [0.4, 0.5) is 10.1 Å². The van der Waals surface area contributed by atoms with E-state index in [4.69, 9.17) is 0 Å². The highest BCUT2D eigenvalue weighted by molar-refractivity contribution is 7.92. The van der Waals surface area contributed by atoms with Crippen molar-refractivity contribution in [1.82, 2.24) is 15.4 Å². The topological polar surface area (TPSA) is 87.7 Å². The normalized spacial score (nSPS) is 11.7. The minimum Gasteiger partial charge on any atom is -0.277 e. The molecule has 0 saturated carbocycles. The average Bonchev–Trinajstić information content (AvgIpc) is 2.91. The number of aryl methyl sites for hydroxylation is 1. The number of H-pyrrole nitrogens is 1. The monoisotopic (exact) mass is 306 g/mol. The molecule has 1 heterocycles. The maximum atomic E-state index is 13.2. The predicted molar refractivity (Wildman–Crippen MR) is 75.8 cm³/mol. The molecular weight excluding hydrogens is 295 g/mol. The second-order valence-corrected chi connectivity index (χ2v) is 6.20. The summed E-state index contributed by atoms with van der Waals surface area (Å²) in [5, 5.41) is 10.2. The molecule has 0 saturated heterocycles. The van der Waals surface area contributed by atoms with Crippen LogP contribution in [0.15, 0.2) is 41.3 Å². The van der Waals surface area contributed by atoms with Gasteiger partial charge in [0, 0.05) is 0 Å². The van der Waals surface area contributed by atoms with Gasteiger partial charge in [0.2, 0.25) is 0 Å². The van der Waals surface area contributed by atoms with Crippen LogP contribution in [0.5, 0.6) is 0 Å². The molecule has 8 heteroatoms. The molecule has 0 spiro atoms. The van der Waals surface area contributed by atoms with Gasteiger partial charge in [0.1, 0.15) is 16.9 Å². The largest absolute Gasteiger partial charge is 0.277 e. The predicted octanol–water partition coefficient (Wildman–Crippen LogP) is 2.21. The van der Waals surface area contributed by atoms with E-state index in [1.54, 1.807) is 18.2 Å². The number of fused-ring (bicyclic) bond motifs is 1. The van der Waals surface area contributed by atoms with Crippen molar-refractivity contribution in [2.75, 3.05) is 4.72 Å². The number of nitrogens with one attached hydrogen (secondary N) is 2. The van der Waals surface area contributed by atoms with Crippen molar-refractivity contribution >= 4 is 26.7 Å². The van der Waals surface area contributed by atoms with E-state index in [0.717, 1.165) is 6.07 Å². The van der Waals surface area contributed by atoms with Gasteiger partial charge in [-0.05, 0) is 42.8 Å². The number of sulfonamides is 1. The third-order valence-corrected chi connectivity index (χ3v) is 4.39. The molecule has 0 radical (unpaired) electrons. The molecule has 2 N–H and O–H groups in total. The van der Waals surface area contributed by atoms with Gasteiger partial charge < -0.3 is 0 Å². The van der Waals surface area contributed by atoms with Crippen molar-refractivity contribution in [2.24, 2.45) is 0 Å². The Hall–Kier alpha value is -2.48. The minimum atomic E-state index is -3.82. The summed E-state index contributed by atoms with van der Waals surface area (Å²) in [6, 6.07) is 8.57. The number of para-hydroxylation sites is 1. The number of hydrogen-bond acceptors (Lipinski definition) is 4. The molecule has 21 heavy (non-hydrogen) atoms. The Labute approximate surface area is 120 Å². The smallest absolute Gasteiger partial charge is 0.261 e. The third-order valence-electron chi connectivity index (χ3n) is 3.03. The molecule has 0 aliphatic carbocycles. The molecule has 108 valence electrons. The van der Waals surface area contributed by atoms with Gasteiger partial charge in [0.15, 0.2) is 0 Å². The number of hydrogen-bond donors (Lipinski definition) is 2. The van der Waals surface area contributed by atoms with E-state index in [9.17, 15) is 12.8 Å². The zero-order chi connectivity index (χ0) is 15.0. The van der Waals surface area contributed by atoms with Crippen LogP contribution in [-0.2, 0) is 10.0 Å². The van der Waals surface area contributed by atoms with Crippen LogP contribution in [0.25, 0.3) is 11.0 Å². The van der Waals surface area contributed by atoms with Crippen molar-refractivity contribution in [3.8, 4) is 0 Å². The summed E-state index contributed by atoms with van der Waals surface area (Å²) in [4.78, 5) is -0.0121. The Balaban J connectivity index is 2.03. The molecule has 0 unspecified atom stereocenters. The third kappa shape index (κ3) is 2.45. The Morgan fingerprint density at radius 3 is 2.76 bits per heavy atom. The SMILES string of the molecule is Cc1cc(S(=O)(=O)Nc2cccc3n[nH]nc23)ccc1F. The Morgan fingerprint density at radius 2 is 2.00 bits per heavy atom. The molecule has 0 atom stereocenters. The molecule has 3 aromatic rings. The molecule has 0 bridgehead atoms. The van der Waals surface area contributed by atoms with Gasteiger partial charge in [-0.25, -0.2) is 12.8 Å². The Bertz CT molecular complexity index is 921. The summed E-state index contributed by atoms with van der Waals surface area (Å²) in [6.45, 7) is 1.51. The fraction of sp³-hybridized carbons (Fsp3) is 0.0769. The minimum absolute atomic E-state index is 0.0121.